The van der Waals surface area contributed by atoms with Crippen LogP contribution in [0.15, 0.2) is 17.0 Å². The number of sulfonamides is 1. The first-order chi connectivity index (χ1) is 9.12. The largest absolute Gasteiger partial charge is 0.478 e. The van der Waals surface area contributed by atoms with E-state index in [2.05, 4.69) is 0 Å². The summed E-state index contributed by atoms with van der Waals surface area (Å²) >= 11 is 5.48. The molecule has 0 spiro atoms. The normalized spacial score (nSPS) is 13.5. The Hall–Kier alpha value is -1.22. The van der Waals surface area contributed by atoms with E-state index in [0.29, 0.717) is 6.07 Å². The predicted octanol–water partition coefficient (Wildman–Crippen LogP) is 1.18. The van der Waals surface area contributed by atoms with Gasteiger partial charge in [-0.15, -0.1) is 0 Å². The lowest BCUT2D eigenvalue weighted by Crippen LogP contribution is -2.37. The molecule has 0 aliphatic rings. The zero-order valence-electron chi connectivity index (χ0n) is 10.7. The smallest absolute Gasteiger partial charge is 0.337 e. The van der Waals surface area contributed by atoms with Crippen molar-refractivity contribution >= 4 is 27.6 Å². The van der Waals surface area contributed by atoms with Gasteiger partial charge in [0, 0.05) is 13.1 Å². The average Bonchev–Trinajstić information content (AvgIpc) is 2.39. The molecule has 1 rings (SSSR count). The van der Waals surface area contributed by atoms with Crippen molar-refractivity contribution in [1.82, 2.24) is 4.31 Å². The van der Waals surface area contributed by atoms with Crippen LogP contribution in [-0.4, -0.2) is 48.6 Å². The molecule has 112 valence electrons. The first kappa shape index (κ1) is 16.8. The second-order valence-corrected chi connectivity index (χ2v) is 6.50. The van der Waals surface area contributed by atoms with Crippen LogP contribution >= 0.6 is 11.6 Å². The van der Waals surface area contributed by atoms with Crippen molar-refractivity contribution in [2.24, 2.45) is 0 Å². The topological polar surface area (TPSA) is 94.9 Å². The molecule has 0 aliphatic heterocycles. The molecule has 0 aliphatic carbocycles. The van der Waals surface area contributed by atoms with Gasteiger partial charge in [0.05, 0.1) is 22.1 Å². The summed E-state index contributed by atoms with van der Waals surface area (Å²) in [5.41, 5.74) is -0.643. The van der Waals surface area contributed by atoms with Gasteiger partial charge in [-0.3, -0.25) is 0 Å². The van der Waals surface area contributed by atoms with Crippen LogP contribution in [0.5, 0.6) is 0 Å². The minimum absolute atomic E-state index is 0.433. The van der Waals surface area contributed by atoms with E-state index in [4.69, 9.17) is 21.8 Å². The van der Waals surface area contributed by atoms with Crippen LogP contribution in [0.2, 0.25) is 5.02 Å². The Morgan fingerprint density at radius 1 is 1.50 bits per heavy atom. The fourth-order valence-corrected chi connectivity index (χ4v) is 2.97. The third-order valence-electron chi connectivity index (χ3n) is 2.79. The molecule has 0 saturated heterocycles. The molecule has 0 saturated carbocycles. The number of carboxylic acids is 1. The monoisotopic (exact) mass is 325 g/mol. The van der Waals surface area contributed by atoms with Crippen LogP contribution < -0.4 is 0 Å². The number of aliphatic hydroxyl groups is 1. The number of halogens is 2. The summed E-state index contributed by atoms with van der Waals surface area (Å²) in [6.07, 6.45) is 0. The number of likely N-dealkylation sites (N-methyl/N-ethyl adjacent to an activating group) is 1. The van der Waals surface area contributed by atoms with E-state index in [1.807, 2.05) is 0 Å². The van der Waals surface area contributed by atoms with E-state index >= 15 is 0 Å². The van der Waals surface area contributed by atoms with E-state index in [1.54, 1.807) is 0 Å². The van der Waals surface area contributed by atoms with Gasteiger partial charge in [0.15, 0.2) is 0 Å². The molecule has 0 fully saturated rings. The predicted molar refractivity (Wildman–Crippen MR) is 69.9 cm³/mol. The molecule has 0 radical (unpaired) electrons. The lowest BCUT2D eigenvalue weighted by atomic mass is 10.2. The maximum absolute atomic E-state index is 13.5. The summed E-state index contributed by atoms with van der Waals surface area (Å²) in [6.45, 7) is 1.01. The molecule has 0 heterocycles. The van der Waals surface area contributed by atoms with Crippen LogP contribution in [0.25, 0.3) is 0 Å². The van der Waals surface area contributed by atoms with Crippen LogP contribution in [0, 0.1) is 5.82 Å². The molecule has 1 aromatic carbocycles. The Bertz CT molecular complexity index is 634. The van der Waals surface area contributed by atoms with Crippen molar-refractivity contribution in [3.63, 3.8) is 0 Å². The third kappa shape index (κ3) is 3.09. The summed E-state index contributed by atoms with van der Waals surface area (Å²) in [6, 6.07) is 0.681. The lowest BCUT2D eigenvalue weighted by Gasteiger charge is -2.22. The number of carboxylic acid groups (broad SMARTS) is 1. The molecule has 1 aromatic rings. The molecular formula is C11H13ClFNO5S. The zero-order valence-corrected chi connectivity index (χ0v) is 12.2. The maximum atomic E-state index is 13.5. The van der Waals surface area contributed by atoms with Gasteiger partial charge < -0.3 is 10.2 Å². The second-order valence-electron chi connectivity index (χ2n) is 4.12. The highest BCUT2D eigenvalue weighted by atomic mass is 35.5. The van der Waals surface area contributed by atoms with Crippen molar-refractivity contribution in [2.45, 2.75) is 17.9 Å². The zero-order chi connectivity index (χ0) is 15.7. The first-order valence-corrected chi connectivity index (χ1v) is 7.26. The highest BCUT2D eigenvalue weighted by Crippen LogP contribution is 2.26. The number of rotatable bonds is 5. The quantitative estimate of drug-likeness (QED) is 0.847. The summed E-state index contributed by atoms with van der Waals surface area (Å²) in [5.74, 6) is -2.68. The average molecular weight is 326 g/mol. The number of benzene rings is 1. The fraction of sp³-hybridized carbons (Fsp3) is 0.364. The van der Waals surface area contributed by atoms with Crippen molar-refractivity contribution in [2.75, 3.05) is 13.7 Å². The van der Waals surface area contributed by atoms with Gasteiger partial charge in [0.1, 0.15) is 5.82 Å². The number of carbonyl (C=O) groups is 1. The SMILES string of the molecule is CC(CO)N(C)S(=O)(=O)c1cc(F)c(Cl)c(C(=O)O)c1. The van der Waals surface area contributed by atoms with Crippen LogP contribution in [-0.2, 0) is 10.0 Å². The molecule has 0 bridgehead atoms. The van der Waals surface area contributed by atoms with Crippen molar-refractivity contribution in [3.8, 4) is 0 Å². The molecule has 6 nitrogen and oxygen atoms in total. The van der Waals surface area contributed by atoms with Crippen LogP contribution in [0.1, 0.15) is 17.3 Å². The molecule has 1 atom stereocenters. The van der Waals surface area contributed by atoms with Crippen LogP contribution in [0.3, 0.4) is 0 Å². The van der Waals surface area contributed by atoms with Gasteiger partial charge >= 0.3 is 5.97 Å². The summed E-state index contributed by atoms with van der Waals surface area (Å²) in [7, 11) is -2.94. The van der Waals surface area contributed by atoms with Gasteiger partial charge in [-0.2, -0.15) is 4.31 Å². The summed E-state index contributed by atoms with van der Waals surface area (Å²) in [5, 5.41) is 17.2. The fourth-order valence-electron chi connectivity index (χ4n) is 1.39. The Morgan fingerprint density at radius 2 is 2.05 bits per heavy atom. The van der Waals surface area contributed by atoms with E-state index < -0.39 is 49.9 Å². The minimum atomic E-state index is -4.13. The molecule has 0 amide bonds. The van der Waals surface area contributed by atoms with E-state index in [1.165, 1.54) is 14.0 Å². The number of hydrogen-bond acceptors (Lipinski definition) is 4. The number of hydrogen-bond donors (Lipinski definition) is 2. The number of nitrogens with zero attached hydrogens (tertiary/aromatic N) is 1. The van der Waals surface area contributed by atoms with E-state index in [9.17, 15) is 17.6 Å². The van der Waals surface area contributed by atoms with Gasteiger partial charge in [-0.1, -0.05) is 11.6 Å². The Balaban J connectivity index is 3.44. The number of aliphatic hydroxyl groups excluding tert-OH is 1. The Kier molecular flexibility index (Phi) is 5.09. The highest BCUT2D eigenvalue weighted by Gasteiger charge is 2.28. The summed E-state index contributed by atoms with van der Waals surface area (Å²) in [4.78, 5) is 10.4. The molecular weight excluding hydrogens is 313 g/mol. The highest BCUT2D eigenvalue weighted by molar-refractivity contribution is 7.89. The summed E-state index contributed by atoms with van der Waals surface area (Å²) < 4.78 is 38.7. The van der Waals surface area contributed by atoms with Gasteiger partial charge in [0.2, 0.25) is 10.0 Å². The van der Waals surface area contributed by atoms with Crippen molar-refractivity contribution in [3.05, 3.63) is 28.5 Å². The third-order valence-corrected chi connectivity index (χ3v) is 5.13. The van der Waals surface area contributed by atoms with Crippen molar-refractivity contribution < 1.29 is 27.8 Å². The molecule has 1 unspecified atom stereocenters. The van der Waals surface area contributed by atoms with Gasteiger partial charge in [-0.05, 0) is 19.1 Å². The lowest BCUT2D eigenvalue weighted by molar-refractivity contribution is 0.0696. The number of aromatic carboxylic acids is 1. The van der Waals surface area contributed by atoms with Crippen LogP contribution in [0.4, 0.5) is 4.39 Å². The van der Waals surface area contributed by atoms with E-state index in [0.717, 1.165) is 10.4 Å². The van der Waals surface area contributed by atoms with Gasteiger partial charge in [-0.25, -0.2) is 17.6 Å². The molecule has 9 heteroatoms. The van der Waals surface area contributed by atoms with E-state index in [-0.39, 0.29) is 0 Å². The molecule has 2 N–H and O–H groups in total. The first-order valence-electron chi connectivity index (χ1n) is 5.44. The second kappa shape index (κ2) is 6.04. The standard InChI is InChI=1S/C11H13ClFNO5S/c1-6(5-15)14(2)20(18,19)7-3-8(11(16)17)10(12)9(13)4-7/h3-4,6,15H,5H2,1-2H3,(H,16,17). The molecule has 20 heavy (non-hydrogen) atoms. The Labute approximate surface area is 120 Å². The van der Waals surface area contributed by atoms with Crippen molar-refractivity contribution in [1.29, 1.82) is 0 Å². The Morgan fingerprint density at radius 3 is 2.50 bits per heavy atom. The van der Waals surface area contributed by atoms with Gasteiger partial charge in [0.25, 0.3) is 0 Å². The minimum Gasteiger partial charge on any atom is -0.478 e. The molecule has 0 aromatic heterocycles. The maximum Gasteiger partial charge on any atom is 0.337 e.